The number of hydrogen-bond donors (Lipinski definition) is 1. The fourth-order valence-electron chi connectivity index (χ4n) is 1.63. The molecule has 0 spiro atoms. The molecule has 1 unspecified atom stereocenters. The van der Waals surface area contributed by atoms with Crippen molar-refractivity contribution in [3.05, 3.63) is 47.8 Å². The van der Waals surface area contributed by atoms with E-state index in [1.54, 1.807) is 23.6 Å². The maximum atomic E-state index is 12.6. The van der Waals surface area contributed by atoms with Gasteiger partial charge in [0.15, 0.2) is 10.4 Å². The highest BCUT2D eigenvalue weighted by atomic mass is 35.6. The zero-order chi connectivity index (χ0) is 17.1. The zero-order valence-corrected chi connectivity index (χ0v) is 15.2. The maximum absolute atomic E-state index is 12.6. The molecule has 23 heavy (non-hydrogen) atoms. The number of rotatable bonds is 4. The van der Waals surface area contributed by atoms with Crippen LogP contribution in [0.3, 0.4) is 0 Å². The van der Waals surface area contributed by atoms with Crippen LogP contribution < -0.4 is 10.1 Å². The summed E-state index contributed by atoms with van der Waals surface area (Å²) < 4.78 is 27.8. The van der Waals surface area contributed by atoms with E-state index >= 15 is 0 Å². The van der Waals surface area contributed by atoms with Gasteiger partial charge in [0.2, 0.25) is 13.6 Å². The molecule has 10 heteroatoms. The molecule has 1 aromatic carbocycles. The molecule has 0 aliphatic heterocycles. The van der Waals surface area contributed by atoms with E-state index < -0.39 is 25.1 Å². The second kappa shape index (κ2) is 7.27. The minimum atomic E-state index is -4.14. The molecular formula is C13H10Cl3NO4S2. The number of ether oxygens (including phenoxy) is 1. The van der Waals surface area contributed by atoms with Gasteiger partial charge in [-0.05, 0) is 29.6 Å². The summed E-state index contributed by atoms with van der Waals surface area (Å²) in [6.07, 6.45) is -1.04. The summed E-state index contributed by atoms with van der Waals surface area (Å²) in [4.78, 5) is 11.8. The molecule has 2 aromatic rings. The number of benzene rings is 1. The summed E-state index contributed by atoms with van der Waals surface area (Å²) in [6, 6.07) is 10.6. The third kappa shape index (κ3) is 4.74. The highest BCUT2D eigenvalue weighted by molar-refractivity contribution is 7.92. The normalized spacial score (nSPS) is 13.3. The summed E-state index contributed by atoms with van der Waals surface area (Å²) in [5.74, 6) is 0. The minimum Gasteiger partial charge on any atom is -0.399 e. The SMILES string of the molecule is O=C(NC(C(Cl)(Cl)Cl)S(=O)(=O)c1ccccc1)Oc1cccs1. The minimum absolute atomic E-state index is 0.0900. The van der Waals surface area contributed by atoms with Crippen molar-refractivity contribution in [1.82, 2.24) is 5.32 Å². The number of nitrogens with one attached hydrogen (secondary N) is 1. The first-order valence-electron chi connectivity index (χ1n) is 6.09. The first kappa shape index (κ1) is 18.4. The zero-order valence-electron chi connectivity index (χ0n) is 11.3. The van der Waals surface area contributed by atoms with Crippen molar-refractivity contribution in [3.8, 4) is 5.06 Å². The fraction of sp³-hybridized carbons (Fsp3) is 0.154. The molecule has 124 valence electrons. The smallest absolute Gasteiger partial charge is 0.399 e. The van der Waals surface area contributed by atoms with Crippen molar-refractivity contribution < 1.29 is 17.9 Å². The van der Waals surface area contributed by atoms with Gasteiger partial charge in [0.25, 0.3) is 0 Å². The van der Waals surface area contributed by atoms with Crippen LogP contribution in [0, 0.1) is 0 Å². The monoisotopic (exact) mass is 413 g/mol. The van der Waals surface area contributed by atoms with Gasteiger partial charge >= 0.3 is 6.09 Å². The van der Waals surface area contributed by atoms with Crippen LogP contribution in [0.5, 0.6) is 5.06 Å². The number of amides is 1. The Morgan fingerprint density at radius 2 is 1.78 bits per heavy atom. The number of alkyl halides is 3. The van der Waals surface area contributed by atoms with Crippen LogP contribution in [-0.4, -0.2) is 23.7 Å². The first-order valence-corrected chi connectivity index (χ1v) is 9.65. The Labute approximate surface area is 152 Å². The Morgan fingerprint density at radius 3 is 2.30 bits per heavy atom. The highest BCUT2D eigenvalue weighted by Crippen LogP contribution is 2.35. The topological polar surface area (TPSA) is 72.5 Å². The van der Waals surface area contributed by atoms with Crippen LogP contribution in [0.15, 0.2) is 52.7 Å². The van der Waals surface area contributed by atoms with Crippen molar-refractivity contribution in [2.45, 2.75) is 14.1 Å². The molecule has 0 aliphatic rings. The van der Waals surface area contributed by atoms with Crippen molar-refractivity contribution in [2.75, 3.05) is 0 Å². The van der Waals surface area contributed by atoms with Crippen LogP contribution in [-0.2, 0) is 9.84 Å². The van der Waals surface area contributed by atoms with E-state index in [0.29, 0.717) is 0 Å². The van der Waals surface area contributed by atoms with Gasteiger partial charge in [-0.1, -0.05) is 53.0 Å². The molecule has 1 heterocycles. The van der Waals surface area contributed by atoms with Gasteiger partial charge in [-0.2, -0.15) is 0 Å². The van der Waals surface area contributed by atoms with Crippen LogP contribution in [0.25, 0.3) is 0 Å². The molecule has 0 radical (unpaired) electrons. The molecule has 1 atom stereocenters. The third-order valence-electron chi connectivity index (χ3n) is 2.62. The summed E-state index contributed by atoms with van der Waals surface area (Å²) in [6.45, 7) is 0. The lowest BCUT2D eigenvalue weighted by Gasteiger charge is -2.24. The number of hydrogen-bond acceptors (Lipinski definition) is 5. The van der Waals surface area contributed by atoms with Crippen molar-refractivity contribution >= 4 is 62.1 Å². The van der Waals surface area contributed by atoms with Gasteiger partial charge in [0.05, 0.1) is 4.90 Å². The fourth-order valence-corrected chi connectivity index (χ4v) is 4.83. The van der Waals surface area contributed by atoms with E-state index in [1.165, 1.54) is 24.3 Å². The van der Waals surface area contributed by atoms with E-state index in [9.17, 15) is 13.2 Å². The standard InChI is InChI=1S/C13H10Cl3NO4S2/c14-13(15,16)11(17-12(18)21-10-7-4-8-22-10)23(19,20)9-5-2-1-3-6-9/h1-8,11H,(H,17,18). The van der Waals surface area contributed by atoms with Gasteiger partial charge in [-0.3, -0.25) is 5.32 Å². The van der Waals surface area contributed by atoms with Crippen molar-refractivity contribution in [3.63, 3.8) is 0 Å². The van der Waals surface area contributed by atoms with Crippen LogP contribution >= 0.6 is 46.1 Å². The van der Waals surface area contributed by atoms with Crippen LogP contribution in [0.2, 0.25) is 0 Å². The van der Waals surface area contributed by atoms with E-state index in [-0.39, 0.29) is 9.96 Å². The Kier molecular flexibility index (Phi) is 5.80. The predicted octanol–water partition coefficient (Wildman–Crippen LogP) is 4.01. The van der Waals surface area contributed by atoms with E-state index in [2.05, 4.69) is 5.32 Å². The second-order valence-corrected chi connectivity index (χ2v) is 9.56. The number of sulfone groups is 1. The lowest BCUT2D eigenvalue weighted by molar-refractivity contribution is 0.200. The average molecular weight is 415 g/mol. The quantitative estimate of drug-likeness (QED) is 0.767. The molecule has 0 saturated carbocycles. The largest absolute Gasteiger partial charge is 0.414 e. The van der Waals surface area contributed by atoms with Crippen LogP contribution in [0.1, 0.15) is 0 Å². The summed E-state index contributed by atoms with van der Waals surface area (Å²) in [5, 5.41) is 2.26. The molecular weight excluding hydrogens is 405 g/mol. The first-order chi connectivity index (χ1) is 10.7. The molecule has 5 nitrogen and oxygen atoms in total. The van der Waals surface area contributed by atoms with Crippen molar-refractivity contribution in [1.29, 1.82) is 0 Å². The van der Waals surface area contributed by atoms with Crippen LogP contribution in [0.4, 0.5) is 4.79 Å². The molecule has 0 saturated heterocycles. The Morgan fingerprint density at radius 1 is 1.13 bits per heavy atom. The molecule has 2 rings (SSSR count). The number of carbonyl (C=O) groups is 1. The third-order valence-corrected chi connectivity index (χ3v) is 6.43. The number of thiophene rings is 1. The Bertz CT molecular complexity index is 758. The van der Waals surface area contributed by atoms with Gasteiger partial charge in [0, 0.05) is 0 Å². The molecule has 0 bridgehead atoms. The molecule has 0 aliphatic carbocycles. The number of halogens is 3. The maximum Gasteiger partial charge on any atom is 0.414 e. The lowest BCUT2D eigenvalue weighted by Crippen LogP contribution is -2.50. The summed E-state index contributed by atoms with van der Waals surface area (Å²) in [5.41, 5.74) is 0. The molecule has 1 amide bonds. The van der Waals surface area contributed by atoms with E-state index in [4.69, 9.17) is 39.5 Å². The Balaban J connectivity index is 2.26. The summed E-state index contributed by atoms with van der Waals surface area (Å²) in [7, 11) is -4.14. The van der Waals surface area contributed by atoms with Gasteiger partial charge < -0.3 is 4.74 Å². The highest BCUT2D eigenvalue weighted by Gasteiger charge is 2.45. The predicted molar refractivity (Wildman–Crippen MR) is 91.2 cm³/mol. The van der Waals surface area contributed by atoms with Crippen molar-refractivity contribution in [2.24, 2.45) is 0 Å². The summed E-state index contributed by atoms with van der Waals surface area (Å²) >= 11 is 18.4. The van der Waals surface area contributed by atoms with Gasteiger partial charge in [0.1, 0.15) is 0 Å². The lowest BCUT2D eigenvalue weighted by atomic mass is 10.4. The van der Waals surface area contributed by atoms with Gasteiger partial charge in [-0.15, -0.1) is 11.3 Å². The molecule has 0 fully saturated rings. The molecule has 1 N–H and O–H groups in total. The number of carbonyl (C=O) groups excluding carboxylic acids is 1. The second-order valence-electron chi connectivity index (χ2n) is 4.25. The Hall–Kier alpha value is -0.990. The van der Waals surface area contributed by atoms with Gasteiger partial charge in [-0.25, -0.2) is 13.2 Å². The van der Waals surface area contributed by atoms with E-state index in [1.807, 2.05) is 0 Å². The van der Waals surface area contributed by atoms with E-state index in [0.717, 1.165) is 11.3 Å². The molecule has 1 aromatic heterocycles. The average Bonchev–Trinajstić information content (AvgIpc) is 2.97.